The molecule has 0 aliphatic carbocycles. The van der Waals surface area contributed by atoms with Crippen LogP contribution >= 0.6 is 0 Å². The maximum Gasteiger partial charge on any atom is 0.573 e. The number of halogens is 3. The van der Waals surface area contributed by atoms with Crippen LogP contribution in [0.2, 0.25) is 0 Å². The van der Waals surface area contributed by atoms with Crippen molar-refractivity contribution in [2.75, 3.05) is 25.1 Å². The highest BCUT2D eigenvalue weighted by Crippen LogP contribution is 2.23. The van der Waals surface area contributed by atoms with Crippen LogP contribution in [-0.4, -0.2) is 37.6 Å². The molecule has 1 atom stereocenters. The Balaban J connectivity index is 1.91. The summed E-state index contributed by atoms with van der Waals surface area (Å²) in [7, 11) is 1.84. The van der Waals surface area contributed by atoms with Gasteiger partial charge in [0.1, 0.15) is 11.6 Å². The maximum absolute atomic E-state index is 12.0. The first-order valence-electron chi connectivity index (χ1n) is 6.48. The van der Waals surface area contributed by atoms with Crippen LogP contribution in [0.25, 0.3) is 0 Å². The van der Waals surface area contributed by atoms with Gasteiger partial charge in [0.15, 0.2) is 0 Å². The smallest absolute Gasteiger partial charge is 0.404 e. The van der Waals surface area contributed by atoms with Crippen molar-refractivity contribution in [1.29, 1.82) is 0 Å². The summed E-state index contributed by atoms with van der Waals surface area (Å²) in [6.45, 7) is 1.44. The third-order valence-electron chi connectivity index (χ3n) is 3.10. The standard InChI is InChI=1S/C13H17F3N2O2/c1-18(9-11-4-2-3-7-19-11)12-6-5-10(8-17-12)20-13(14,15)16/h5-6,8,11H,2-4,7,9H2,1H3. The molecule has 20 heavy (non-hydrogen) atoms. The number of aromatic nitrogens is 1. The molecule has 1 fully saturated rings. The predicted octanol–water partition coefficient (Wildman–Crippen LogP) is 2.99. The van der Waals surface area contributed by atoms with Gasteiger partial charge in [-0.05, 0) is 31.4 Å². The van der Waals surface area contributed by atoms with Crippen LogP contribution in [0.15, 0.2) is 18.3 Å². The molecular formula is C13H17F3N2O2. The fraction of sp³-hybridized carbons (Fsp3) is 0.615. The molecule has 0 amide bonds. The van der Waals surface area contributed by atoms with Gasteiger partial charge >= 0.3 is 6.36 Å². The van der Waals surface area contributed by atoms with Crippen LogP contribution in [0.3, 0.4) is 0 Å². The van der Waals surface area contributed by atoms with Crippen LogP contribution in [0.5, 0.6) is 5.75 Å². The van der Waals surface area contributed by atoms with E-state index in [-0.39, 0.29) is 11.9 Å². The molecule has 1 aromatic heterocycles. The maximum atomic E-state index is 12.0. The van der Waals surface area contributed by atoms with E-state index in [0.717, 1.165) is 32.1 Å². The lowest BCUT2D eigenvalue weighted by molar-refractivity contribution is -0.274. The Morgan fingerprint density at radius 2 is 2.20 bits per heavy atom. The molecule has 1 aliphatic rings. The van der Waals surface area contributed by atoms with Crippen molar-refractivity contribution in [3.63, 3.8) is 0 Å². The first-order valence-corrected chi connectivity index (χ1v) is 6.48. The minimum Gasteiger partial charge on any atom is -0.404 e. The number of ether oxygens (including phenoxy) is 2. The third kappa shape index (κ3) is 4.56. The first-order chi connectivity index (χ1) is 9.44. The van der Waals surface area contributed by atoms with E-state index < -0.39 is 6.36 Å². The Hall–Kier alpha value is -1.50. The minimum atomic E-state index is -4.69. The van der Waals surface area contributed by atoms with Gasteiger partial charge in [0.25, 0.3) is 0 Å². The second-order valence-corrected chi connectivity index (χ2v) is 4.77. The second kappa shape index (κ2) is 6.30. The number of anilines is 1. The van der Waals surface area contributed by atoms with Crippen molar-refractivity contribution >= 4 is 5.82 Å². The molecule has 2 heterocycles. The van der Waals surface area contributed by atoms with E-state index in [1.807, 2.05) is 11.9 Å². The summed E-state index contributed by atoms with van der Waals surface area (Å²) in [5.41, 5.74) is 0. The zero-order valence-electron chi connectivity index (χ0n) is 11.2. The van der Waals surface area contributed by atoms with E-state index in [1.54, 1.807) is 0 Å². The summed E-state index contributed by atoms with van der Waals surface area (Å²) < 4.78 is 45.5. The lowest BCUT2D eigenvalue weighted by Gasteiger charge is -2.28. The summed E-state index contributed by atoms with van der Waals surface area (Å²) in [5, 5.41) is 0. The lowest BCUT2D eigenvalue weighted by atomic mass is 10.1. The number of hydrogen-bond donors (Lipinski definition) is 0. The molecule has 1 unspecified atom stereocenters. The van der Waals surface area contributed by atoms with E-state index >= 15 is 0 Å². The minimum absolute atomic E-state index is 0.154. The normalized spacial score (nSPS) is 19.7. The fourth-order valence-electron chi connectivity index (χ4n) is 2.14. The van der Waals surface area contributed by atoms with Gasteiger partial charge in [-0.1, -0.05) is 0 Å². The molecule has 0 radical (unpaired) electrons. The second-order valence-electron chi connectivity index (χ2n) is 4.77. The van der Waals surface area contributed by atoms with Crippen LogP contribution in [0, 0.1) is 0 Å². The average molecular weight is 290 g/mol. The highest BCUT2D eigenvalue weighted by Gasteiger charge is 2.31. The van der Waals surface area contributed by atoms with Crippen molar-refractivity contribution in [2.24, 2.45) is 0 Å². The van der Waals surface area contributed by atoms with Crippen LogP contribution in [0.1, 0.15) is 19.3 Å². The van der Waals surface area contributed by atoms with Gasteiger partial charge in [-0.25, -0.2) is 4.98 Å². The van der Waals surface area contributed by atoms with Crippen molar-refractivity contribution < 1.29 is 22.6 Å². The van der Waals surface area contributed by atoms with E-state index in [9.17, 15) is 13.2 Å². The van der Waals surface area contributed by atoms with Gasteiger partial charge in [0, 0.05) is 20.2 Å². The van der Waals surface area contributed by atoms with Gasteiger partial charge in [-0.15, -0.1) is 13.2 Å². The Morgan fingerprint density at radius 3 is 2.75 bits per heavy atom. The SMILES string of the molecule is CN(CC1CCCCO1)c1ccc(OC(F)(F)F)cn1. The number of rotatable bonds is 4. The van der Waals surface area contributed by atoms with Crippen molar-refractivity contribution in [3.05, 3.63) is 18.3 Å². The molecule has 0 saturated carbocycles. The van der Waals surface area contributed by atoms with Gasteiger partial charge in [0.05, 0.1) is 12.3 Å². The summed E-state index contributed by atoms with van der Waals surface area (Å²) >= 11 is 0. The van der Waals surface area contributed by atoms with Crippen molar-refractivity contribution in [2.45, 2.75) is 31.7 Å². The molecular weight excluding hydrogens is 273 g/mol. The molecule has 4 nitrogen and oxygen atoms in total. The molecule has 1 aromatic rings. The van der Waals surface area contributed by atoms with E-state index in [4.69, 9.17) is 4.74 Å². The first kappa shape index (κ1) is 14.9. The van der Waals surface area contributed by atoms with E-state index in [2.05, 4.69) is 9.72 Å². The number of alkyl halides is 3. The van der Waals surface area contributed by atoms with Crippen molar-refractivity contribution in [3.8, 4) is 5.75 Å². The van der Waals surface area contributed by atoms with Gasteiger partial charge in [0.2, 0.25) is 0 Å². The monoisotopic (exact) mass is 290 g/mol. The molecule has 1 aliphatic heterocycles. The zero-order valence-corrected chi connectivity index (χ0v) is 11.2. The Morgan fingerprint density at radius 1 is 1.40 bits per heavy atom. The van der Waals surface area contributed by atoms with E-state index in [0.29, 0.717) is 12.4 Å². The molecule has 0 N–H and O–H groups in total. The van der Waals surface area contributed by atoms with Gasteiger partial charge in [-0.3, -0.25) is 0 Å². The molecule has 2 rings (SSSR count). The molecule has 0 aromatic carbocycles. The van der Waals surface area contributed by atoms with Crippen LogP contribution in [0.4, 0.5) is 19.0 Å². The van der Waals surface area contributed by atoms with Gasteiger partial charge in [-0.2, -0.15) is 0 Å². The third-order valence-corrected chi connectivity index (χ3v) is 3.10. The summed E-state index contributed by atoms with van der Waals surface area (Å²) in [4.78, 5) is 5.84. The molecule has 0 bridgehead atoms. The Labute approximate surface area is 115 Å². The summed E-state index contributed by atoms with van der Waals surface area (Å²) in [5.74, 6) is 0.275. The summed E-state index contributed by atoms with van der Waals surface area (Å²) in [6, 6.07) is 2.76. The largest absolute Gasteiger partial charge is 0.573 e. The summed E-state index contributed by atoms with van der Waals surface area (Å²) in [6.07, 6.45) is -0.237. The number of hydrogen-bond acceptors (Lipinski definition) is 4. The number of likely N-dealkylation sites (N-methyl/N-ethyl adjacent to an activating group) is 1. The fourth-order valence-corrected chi connectivity index (χ4v) is 2.14. The Bertz CT molecular complexity index is 417. The predicted molar refractivity (Wildman–Crippen MR) is 67.8 cm³/mol. The van der Waals surface area contributed by atoms with E-state index in [1.165, 1.54) is 12.1 Å². The van der Waals surface area contributed by atoms with Crippen LogP contribution < -0.4 is 9.64 Å². The quantitative estimate of drug-likeness (QED) is 0.854. The Kier molecular flexibility index (Phi) is 4.69. The molecule has 7 heteroatoms. The topological polar surface area (TPSA) is 34.6 Å². The van der Waals surface area contributed by atoms with Gasteiger partial charge < -0.3 is 14.4 Å². The highest BCUT2D eigenvalue weighted by molar-refractivity contribution is 5.40. The molecule has 0 spiro atoms. The molecule has 1 saturated heterocycles. The lowest BCUT2D eigenvalue weighted by Crippen LogP contribution is -2.33. The van der Waals surface area contributed by atoms with Crippen LogP contribution in [-0.2, 0) is 4.74 Å². The van der Waals surface area contributed by atoms with Crippen molar-refractivity contribution in [1.82, 2.24) is 4.98 Å². The molecule has 112 valence electrons. The number of pyridine rings is 1. The number of nitrogens with zero attached hydrogens (tertiary/aromatic N) is 2. The zero-order chi connectivity index (χ0) is 14.6. The average Bonchev–Trinajstić information content (AvgIpc) is 2.39. The highest BCUT2D eigenvalue weighted by atomic mass is 19.4.